The minimum absolute atomic E-state index is 0.0221. The lowest BCUT2D eigenvalue weighted by atomic mass is 9.82. The number of hydrogen-bond acceptors (Lipinski definition) is 5. The molecule has 0 saturated heterocycles. The van der Waals surface area contributed by atoms with Gasteiger partial charge in [0.1, 0.15) is 17.3 Å². The van der Waals surface area contributed by atoms with E-state index in [9.17, 15) is 22.7 Å². The highest BCUT2D eigenvalue weighted by Gasteiger charge is 2.56. The van der Waals surface area contributed by atoms with Crippen LogP contribution >= 0.6 is 0 Å². The number of hydrogen-bond donors (Lipinski definition) is 3. The van der Waals surface area contributed by atoms with Crippen LogP contribution in [0.5, 0.6) is 5.75 Å². The van der Waals surface area contributed by atoms with Crippen LogP contribution in [0, 0.1) is 5.82 Å². The molecule has 0 amide bonds. The average Bonchev–Trinajstić information content (AvgIpc) is 3.18. The summed E-state index contributed by atoms with van der Waals surface area (Å²) in [6.45, 7) is 3.33. The number of halogens is 4. The summed E-state index contributed by atoms with van der Waals surface area (Å²) in [4.78, 5) is 4.14. The highest BCUT2D eigenvalue weighted by Crippen LogP contribution is 2.47. The molecule has 9 heteroatoms. The Kier molecular flexibility index (Phi) is 6.61. The smallest absolute Gasteiger partial charge is 0.424 e. The Morgan fingerprint density at radius 3 is 2.40 bits per heavy atom. The first-order valence-electron chi connectivity index (χ1n) is 11.2. The number of aromatic nitrogens is 1. The molecule has 3 aromatic rings. The Morgan fingerprint density at radius 2 is 1.80 bits per heavy atom. The number of pyridine rings is 1. The molecule has 4 rings (SSSR count). The van der Waals surface area contributed by atoms with Crippen LogP contribution in [0.2, 0.25) is 0 Å². The standard InChI is InChI=1S/C26H27F4N3O2/c1-16(17-6-4-3-5-7-17)32-14-24(2)15-35-23-20(24)12-21(25(34,13-31)26(28,29)30)33-22(23)18-8-10-19(27)11-9-18/h3-12,16,32,34H,13-15,31H2,1-2H3/t16-,24+,25?/m0/s1. The molecule has 0 spiro atoms. The lowest BCUT2D eigenvalue weighted by molar-refractivity contribution is -0.263. The predicted octanol–water partition coefficient (Wildman–Crippen LogP) is 4.60. The predicted molar refractivity (Wildman–Crippen MR) is 124 cm³/mol. The summed E-state index contributed by atoms with van der Waals surface area (Å²) >= 11 is 0. The Labute approximate surface area is 201 Å². The maximum atomic E-state index is 13.9. The largest absolute Gasteiger partial charge is 0.490 e. The lowest BCUT2D eigenvalue weighted by Crippen LogP contribution is -2.49. The number of benzene rings is 2. The van der Waals surface area contributed by atoms with Crippen LogP contribution in [0.3, 0.4) is 0 Å². The third kappa shape index (κ3) is 4.63. The van der Waals surface area contributed by atoms with E-state index in [-0.39, 0.29) is 18.3 Å². The number of ether oxygens (including phenoxy) is 1. The van der Waals surface area contributed by atoms with Crippen molar-refractivity contribution >= 4 is 0 Å². The molecule has 1 unspecified atom stereocenters. The molecule has 0 fully saturated rings. The quantitative estimate of drug-likeness (QED) is 0.423. The van der Waals surface area contributed by atoms with Gasteiger partial charge in [-0.25, -0.2) is 9.37 Å². The van der Waals surface area contributed by atoms with Crippen LogP contribution < -0.4 is 15.8 Å². The molecule has 0 aliphatic carbocycles. The summed E-state index contributed by atoms with van der Waals surface area (Å²) in [5.74, 6) is -0.196. The zero-order valence-electron chi connectivity index (χ0n) is 19.4. The van der Waals surface area contributed by atoms with E-state index in [0.29, 0.717) is 23.4 Å². The first kappa shape index (κ1) is 25.1. The highest BCUT2D eigenvalue weighted by atomic mass is 19.4. The zero-order valence-corrected chi connectivity index (χ0v) is 19.4. The summed E-state index contributed by atoms with van der Waals surface area (Å²) in [5.41, 5.74) is 2.67. The molecule has 3 atom stereocenters. The van der Waals surface area contributed by atoms with Crippen molar-refractivity contribution < 1.29 is 27.4 Å². The number of alkyl halides is 3. The normalized spacial score (nSPS) is 20.1. The molecule has 35 heavy (non-hydrogen) atoms. The second kappa shape index (κ2) is 9.22. The Balaban J connectivity index is 1.79. The van der Waals surface area contributed by atoms with E-state index >= 15 is 0 Å². The van der Waals surface area contributed by atoms with Gasteiger partial charge in [0.2, 0.25) is 5.60 Å². The second-order valence-electron chi connectivity index (χ2n) is 9.16. The van der Waals surface area contributed by atoms with Crippen LogP contribution in [-0.4, -0.2) is 36.0 Å². The van der Waals surface area contributed by atoms with E-state index < -0.39 is 35.2 Å². The fraction of sp³-hybridized carbons (Fsp3) is 0.346. The van der Waals surface area contributed by atoms with Gasteiger partial charge >= 0.3 is 6.18 Å². The fourth-order valence-electron chi connectivity index (χ4n) is 4.20. The maximum absolute atomic E-state index is 13.9. The van der Waals surface area contributed by atoms with E-state index in [1.807, 2.05) is 44.2 Å². The minimum atomic E-state index is -5.06. The molecular weight excluding hydrogens is 462 g/mol. The van der Waals surface area contributed by atoms with Crippen LogP contribution in [0.25, 0.3) is 11.3 Å². The maximum Gasteiger partial charge on any atom is 0.424 e. The van der Waals surface area contributed by atoms with E-state index in [1.165, 1.54) is 30.3 Å². The number of nitrogens with one attached hydrogen (secondary N) is 1. The second-order valence-corrected chi connectivity index (χ2v) is 9.16. The number of nitrogens with two attached hydrogens (primary N) is 1. The molecule has 0 bridgehead atoms. The van der Waals surface area contributed by atoms with Crippen LogP contribution in [-0.2, 0) is 11.0 Å². The van der Waals surface area contributed by atoms with Gasteiger partial charge in [0.15, 0.2) is 0 Å². The summed E-state index contributed by atoms with van der Waals surface area (Å²) in [6, 6.07) is 16.1. The number of aliphatic hydroxyl groups is 1. The number of nitrogens with zero attached hydrogens (tertiary/aromatic N) is 1. The van der Waals surface area contributed by atoms with Crippen molar-refractivity contribution in [2.24, 2.45) is 5.73 Å². The van der Waals surface area contributed by atoms with E-state index in [4.69, 9.17) is 10.5 Å². The Hall–Kier alpha value is -3.01. The average molecular weight is 490 g/mol. The first-order chi connectivity index (χ1) is 16.5. The minimum Gasteiger partial charge on any atom is -0.490 e. The Morgan fingerprint density at radius 1 is 1.14 bits per heavy atom. The topological polar surface area (TPSA) is 80.4 Å². The van der Waals surface area contributed by atoms with E-state index in [0.717, 1.165) is 5.56 Å². The number of rotatable bonds is 7. The van der Waals surface area contributed by atoms with Gasteiger partial charge in [0, 0.05) is 35.7 Å². The summed E-state index contributed by atoms with van der Waals surface area (Å²) < 4.78 is 61.2. The fourth-order valence-corrected chi connectivity index (χ4v) is 4.20. The van der Waals surface area contributed by atoms with Crippen LogP contribution in [0.1, 0.15) is 36.7 Å². The summed E-state index contributed by atoms with van der Waals surface area (Å²) in [6.07, 6.45) is -5.06. The molecule has 0 saturated carbocycles. The van der Waals surface area contributed by atoms with Crippen LogP contribution in [0.4, 0.5) is 17.6 Å². The van der Waals surface area contributed by atoms with Gasteiger partial charge in [-0.2, -0.15) is 13.2 Å². The van der Waals surface area contributed by atoms with E-state index in [1.54, 1.807) is 0 Å². The summed E-state index contributed by atoms with van der Waals surface area (Å²) in [5, 5.41) is 14.0. The van der Waals surface area contributed by atoms with Crippen molar-refractivity contribution in [3.63, 3.8) is 0 Å². The molecule has 2 aromatic carbocycles. The van der Waals surface area contributed by atoms with Crippen LogP contribution in [0.15, 0.2) is 60.7 Å². The van der Waals surface area contributed by atoms with Crippen molar-refractivity contribution in [1.29, 1.82) is 0 Å². The molecule has 186 valence electrons. The van der Waals surface area contributed by atoms with E-state index in [2.05, 4.69) is 10.3 Å². The highest BCUT2D eigenvalue weighted by molar-refractivity contribution is 5.71. The molecule has 1 aliphatic rings. The van der Waals surface area contributed by atoms with Crippen molar-refractivity contribution in [1.82, 2.24) is 10.3 Å². The molecule has 0 radical (unpaired) electrons. The molecule has 2 heterocycles. The molecule has 1 aromatic heterocycles. The SMILES string of the molecule is C[C@H](NC[C@]1(C)COc2c1cc(C(O)(CN)C(F)(F)F)nc2-c1ccc(F)cc1)c1ccccc1. The van der Waals surface area contributed by atoms with Crippen molar-refractivity contribution in [2.75, 3.05) is 19.7 Å². The lowest BCUT2D eigenvalue weighted by Gasteiger charge is -2.31. The van der Waals surface area contributed by atoms with Crippen molar-refractivity contribution in [3.8, 4) is 17.0 Å². The molecular formula is C26H27F4N3O2. The number of fused-ring (bicyclic) bond motifs is 1. The van der Waals surface area contributed by atoms with Gasteiger partial charge in [0.25, 0.3) is 0 Å². The monoisotopic (exact) mass is 489 g/mol. The molecule has 1 aliphatic heterocycles. The zero-order chi connectivity index (χ0) is 25.4. The molecule has 5 nitrogen and oxygen atoms in total. The molecule has 4 N–H and O–H groups in total. The van der Waals surface area contributed by atoms with Gasteiger partial charge in [-0.05, 0) is 42.8 Å². The van der Waals surface area contributed by atoms with Gasteiger partial charge in [-0.3, -0.25) is 0 Å². The first-order valence-corrected chi connectivity index (χ1v) is 11.2. The van der Waals surface area contributed by atoms with Crippen molar-refractivity contribution in [2.45, 2.75) is 37.1 Å². The van der Waals surface area contributed by atoms with Gasteiger partial charge in [-0.15, -0.1) is 0 Å². The third-order valence-electron chi connectivity index (χ3n) is 6.56. The summed E-state index contributed by atoms with van der Waals surface area (Å²) in [7, 11) is 0. The van der Waals surface area contributed by atoms with Gasteiger partial charge in [-0.1, -0.05) is 37.3 Å². The third-order valence-corrected chi connectivity index (χ3v) is 6.56. The van der Waals surface area contributed by atoms with Gasteiger partial charge < -0.3 is 20.9 Å². The van der Waals surface area contributed by atoms with Gasteiger partial charge in [0.05, 0.1) is 12.3 Å². The Bertz CT molecular complexity index is 1190. The van der Waals surface area contributed by atoms with Crippen molar-refractivity contribution in [3.05, 3.63) is 83.3 Å².